The van der Waals surface area contributed by atoms with E-state index < -0.39 is 0 Å². The molecule has 0 fully saturated rings. The lowest BCUT2D eigenvalue weighted by Gasteiger charge is -1.94. The highest BCUT2D eigenvalue weighted by Gasteiger charge is 2.09. The molecule has 1 aromatic carbocycles. The van der Waals surface area contributed by atoms with Crippen LogP contribution in [0.25, 0.3) is 10.9 Å². The predicted molar refractivity (Wildman–Crippen MR) is 58.4 cm³/mol. The van der Waals surface area contributed by atoms with Crippen LogP contribution in [0.5, 0.6) is 0 Å². The summed E-state index contributed by atoms with van der Waals surface area (Å²) in [5.74, 6) is 0. The quantitative estimate of drug-likeness (QED) is 0.720. The topological polar surface area (TPSA) is 17.8 Å². The minimum absolute atomic E-state index is 0.709. The highest BCUT2D eigenvalue weighted by atomic mass is 79.9. The van der Waals surface area contributed by atoms with Crippen molar-refractivity contribution in [2.45, 2.75) is 5.33 Å². The Morgan fingerprint density at radius 2 is 2.31 bits per heavy atom. The number of alkyl halides is 1. The molecule has 2 nitrogen and oxygen atoms in total. The molecule has 0 saturated carbocycles. The molecule has 0 spiro atoms. The molecule has 1 heterocycles. The summed E-state index contributed by atoms with van der Waals surface area (Å²) in [6.07, 6.45) is 0. The summed E-state index contributed by atoms with van der Waals surface area (Å²) in [5.41, 5.74) is 2.03. The number of aryl methyl sites for hydroxylation is 1. The van der Waals surface area contributed by atoms with E-state index in [-0.39, 0.29) is 0 Å². The zero-order valence-corrected chi connectivity index (χ0v) is 9.43. The van der Waals surface area contributed by atoms with Crippen LogP contribution in [0.2, 0.25) is 5.02 Å². The van der Waals surface area contributed by atoms with Crippen molar-refractivity contribution < 1.29 is 0 Å². The first kappa shape index (κ1) is 9.03. The van der Waals surface area contributed by atoms with Gasteiger partial charge in [-0.25, -0.2) is 0 Å². The van der Waals surface area contributed by atoms with Crippen molar-refractivity contribution in [3.8, 4) is 0 Å². The number of hydrogen-bond acceptors (Lipinski definition) is 1. The molecule has 2 rings (SSSR count). The number of halogens is 2. The first-order chi connectivity index (χ1) is 6.24. The molecule has 0 amide bonds. The number of hydrogen-bond donors (Lipinski definition) is 0. The highest BCUT2D eigenvalue weighted by molar-refractivity contribution is 9.08. The Bertz CT molecular complexity index is 450. The lowest BCUT2D eigenvalue weighted by atomic mass is 10.2. The molecule has 0 aliphatic carbocycles. The van der Waals surface area contributed by atoms with Gasteiger partial charge in [0, 0.05) is 17.8 Å². The van der Waals surface area contributed by atoms with E-state index in [4.69, 9.17) is 11.6 Å². The maximum atomic E-state index is 6.01. The van der Waals surface area contributed by atoms with Gasteiger partial charge in [-0.15, -0.1) is 0 Å². The van der Waals surface area contributed by atoms with Gasteiger partial charge in [-0.1, -0.05) is 39.7 Å². The first-order valence-electron chi connectivity index (χ1n) is 3.90. The van der Waals surface area contributed by atoms with Crippen molar-refractivity contribution in [1.82, 2.24) is 9.78 Å². The van der Waals surface area contributed by atoms with E-state index in [2.05, 4.69) is 21.0 Å². The van der Waals surface area contributed by atoms with Crippen LogP contribution >= 0.6 is 27.5 Å². The molecular formula is C9H8BrClN2. The fourth-order valence-electron chi connectivity index (χ4n) is 1.39. The van der Waals surface area contributed by atoms with Gasteiger partial charge in [-0.3, -0.25) is 4.68 Å². The van der Waals surface area contributed by atoms with Crippen molar-refractivity contribution >= 4 is 38.4 Å². The van der Waals surface area contributed by atoms with Crippen LogP contribution in [0.4, 0.5) is 0 Å². The van der Waals surface area contributed by atoms with Gasteiger partial charge in [0.15, 0.2) is 0 Å². The Hall–Kier alpha value is -0.540. The van der Waals surface area contributed by atoms with Gasteiger partial charge < -0.3 is 0 Å². The van der Waals surface area contributed by atoms with Crippen LogP contribution in [-0.2, 0) is 12.4 Å². The fraction of sp³-hybridized carbons (Fsp3) is 0.222. The molecule has 1 aromatic heterocycles. The molecule has 0 radical (unpaired) electrons. The molecule has 0 saturated heterocycles. The zero-order chi connectivity index (χ0) is 9.42. The number of rotatable bonds is 1. The molecular weight excluding hydrogens is 251 g/mol. The molecule has 2 aromatic rings. The summed E-state index contributed by atoms with van der Waals surface area (Å²) in [5, 5.41) is 6.96. The average molecular weight is 260 g/mol. The lowest BCUT2D eigenvalue weighted by molar-refractivity contribution is 0.748. The average Bonchev–Trinajstić information content (AvgIpc) is 2.43. The summed E-state index contributed by atoms with van der Waals surface area (Å²) in [6.45, 7) is 0. The molecule has 0 aliphatic heterocycles. The van der Waals surface area contributed by atoms with E-state index in [0.717, 1.165) is 21.9 Å². The van der Waals surface area contributed by atoms with Gasteiger partial charge in [-0.05, 0) is 6.07 Å². The third-order valence-corrected chi connectivity index (χ3v) is 2.90. The third kappa shape index (κ3) is 1.36. The van der Waals surface area contributed by atoms with E-state index in [0.29, 0.717) is 5.02 Å². The molecule has 13 heavy (non-hydrogen) atoms. The van der Waals surface area contributed by atoms with Gasteiger partial charge in [-0.2, -0.15) is 5.10 Å². The number of nitrogens with zero attached hydrogens (tertiary/aromatic N) is 2. The number of fused-ring (bicyclic) bond motifs is 1. The van der Waals surface area contributed by atoms with E-state index in [1.54, 1.807) is 0 Å². The summed E-state index contributed by atoms with van der Waals surface area (Å²) in [6, 6.07) is 5.83. The maximum Gasteiger partial charge on any atom is 0.111 e. The molecule has 4 heteroatoms. The van der Waals surface area contributed by atoms with Crippen molar-refractivity contribution in [3.63, 3.8) is 0 Å². The monoisotopic (exact) mass is 258 g/mol. The molecule has 0 atom stereocenters. The standard InChI is InChI=1S/C9H8BrClN2/c1-13-8(5-10)6-3-2-4-7(11)9(6)12-13/h2-4H,5H2,1H3. The van der Waals surface area contributed by atoms with Crippen LogP contribution in [0, 0.1) is 0 Å². The molecule has 0 N–H and O–H groups in total. The smallest absolute Gasteiger partial charge is 0.111 e. The van der Waals surface area contributed by atoms with Crippen molar-refractivity contribution in [3.05, 3.63) is 28.9 Å². The molecule has 0 unspecified atom stereocenters. The number of benzene rings is 1. The first-order valence-corrected chi connectivity index (χ1v) is 5.40. The van der Waals surface area contributed by atoms with Gasteiger partial charge in [0.25, 0.3) is 0 Å². The van der Waals surface area contributed by atoms with Gasteiger partial charge in [0.2, 0.25) is 0 Å². The summed E-state index contributed by atoms with van der Waals surface area (Å²) in [7, 11) is 1.92. The van der Waals surface area contributed by atoms with Crippen LogP contribution in [-0.4, -0.2) is 9.78 Å². The maximum absolute atomic E-state index is 6.01. The second-order valence-electron chi connectivity index (χ2n) is 2.84. The lowest BCUT2D eigenvalue weighted by Crippen LogP contribution is -1.94. The van der Waals surface area contributed by atoms with E-state index in [1.165, 1.54) is 0 Å². The van der Waals surface area contributed by atoms with E-state index in [9.17, 15) is 0 Å². The highest BCUT2D eigenvalue weighted by Crippen LogP contribution is 2.25. The SMILES string of the molecule is Cn1nc2c(Cl)cccc2c1CBr. The second-order valence-corrected chi connectivity index (χ2v) is 3.81. The minimum atomic E-state index is 0.709. The van der Waals surface area contributed by atoms with Crippen molar-refractivity contribution in [2.24, 2.45) is 7.05 Å². The molecule has 0 aliphatic rings. The third-order valence-electron chi connectivity index (χ3n) is 2.06. The minimum Gasteiger partial charge on any atom is -0.271 e. The molecule has 0 bridgehead atoms. The Morgan fingerprint density at radius 1 is 1.54 bits per heavy atom. The number of aromatic nitrogens is 2. The largest absolute Gasteiger partial charge is 0.271 e. The van der Waals surface area contributed by atoms with Crippen LogP contribution < -0.4 is 0 Å². The van der Waals surface area contributed by atoms with Gasteiger partial charge in [0.05, 0.1) is 10.7 Å². The summed E-state index contributed by atoms with van der Waals surface area (Å²) < 4.78 is 1.85. The Kier molecular flexibility index (Phi) is 2.30. The Labute approximate surface area is 89.6 Å². The summed E-state index contributed by atoms with van der Waals surface area (Å²) in [4.78, 5) is 0. The van der Waals surface area contributed by atoms with E-state index in [1.807, 2.05) is 29.9 Å². The van der Waals surface area contributed by atoms with Gasteiger partial charge in [0.1, 0.15) is 5.52 Å². The van der Waals surface area contributed by atoms with Crippen LogP contribution in [0.3, 0.4) is 0 Å². The van der Waals surface area contributed by atoms with E-state index >= 15 is 0 Å². The second kappa shape index (κ2) is 3.31. The van der Waals surface area contributed by atoms with Crippen LogP contribution in [0.1, 0.15) is 5.69 Å². The fourth-order valence-corrected chi connectivity index (χ4v) is 2.27. The van der Waals surface area contributed by atoms with Crippen molar-refractivity contribution in [1.29, 1.82) is 0 Å². The normalized spacial score (nSPS) is 11.0. The zero-order valence-electron chi connectivity index (χ0n) is 7.09. The summed E-state index contributed by atoms with van der Waals surface area (Å²) >= 11 is 9.44. The predicted octanol–water partition coefficient (Wildman–Crippen LogP) is 3.12. The van der Waals surface area contributed by atoms with Crippen LogP contribution in [0.15, 0.2) is 18.2 Å². The van der Waals surface area contributed by atoms with Gasteiger partial charge >= 0.3 is 0 Å². The Morgan fingerprint density at radius 3 is 3.00 bits per heavy atom. The Balaban J connectivity index is 2.86. The van der Waals surface area contributed by atoms with Crippen molar-refractivity contribution in [2.75, 3.05) is 0 Å². The molecule has 68 valence electrons.